The molecule has 17 heavy (non-hydrogen) atoms. The van der Waals surface area contributed by atoms with Crippen LogP contribution in [0.5, 0.6) is 0 Å². The number of nitrogens with two attached hydrogens (primary N) is 2. The van der Waals surface area contributed by atoms with E-state index in [4.69, 9.17) is 21.9 Å². The molecule has 0 aliphatic rings. The fraction of sp³-hybridized carbons (Fsp3) is 1.00. The van der Waals surface area contributed by atoms with Crippen molar-refractivity contribution < 1.29 is 10.4 Å². The lowest BCUT2D eigenvalue weighted by Crippen LogP contribution is -2.30. The van der Waals surface area contributed by atoms with Crippen LogP contribution in [-0.4, -0.2) is 47.9 Å². The van der Waals surface area contributed by atoms with Crippen molar-refractivity contribution in [1.29, 1.82) is 0 Å². The quantitative estimate of drug-likeness (QED) is 0.251. The molecule has 6 heteroatoms. The average molecular weight is 248 g/mol. The predicted octanol–water partition coefficient (Wildman–Crippen LogP) is 0.283. The number of hydrogen-bond acceptors (Lipinski definition) is 6. The van der Waals surface area contributed by atoms with Crippen molar-refractivity contribution in [2.45, 2.75) is 44.6 Å². The van der Waals surface area contributed by atoms with Crippen molar-refractivity contribution >= 4 is 0 Å². The molecule has 0 aromatic rings. The van der Waals surface area contributed by atoms with E-state index in [1.165, 1.54) is 0 Å². The zero-order chi connectivity index (χ0) is 12.9. The van der Waals surface area contributed by atoms with Crippen LogP contribution < -0.4 is 16.8 Å². The summed E-state index contributed by atoms with van der Waals surface area (Å²) in [5.41, 5.74) is 10.8. The Bertz CT molecular complexity index is 158. The van der Waals surface area contributed by atoms with Crippen LogP contribution in [-0.2, 0) is 0 Å². The topological polar surface area (TPSA) is 108 Å². The van der Waals surface area contributed by atoms with Gasteiger partial charge < -0.3 is 16.8 Å². The van der Waals surface area contributed by atoms with E-state index >= 15 is 0 Å². The molecule has 0 bridgehead atoms. The summed E-state index contributed by atoms with van der Waals surface area (Å²) in [6.45, 7) is 3.23. The summed E-state index contributed by atoms with van der Waals surface area (Å²) in [7, 11) is 0. The van der Waals surface area contributed by atoms with Gasteiger partial charge in [0.1, 0.15) is 0 Å². The first kappa shape index (κ1) is 16.8. The van der Waals surface area contributed by atoms with Crippen molar-refractivity contribution in [3.8, 4) is 0 Å². The fourth-order valence-corrected chi connectivity index (χ4v) is 1.71. The van der Waals surface area contributed by atoms with E-state index in [0.717, 1.165) is 58.2 Å². The van der Waals surface area contributed by atoms with Gasteiger partial charge in [-0.25, -0.2) is 0 Å². The monoisotopic (exact) mass is 248 g/mol. The third-order valence-electron chi connectivity index (χ3n) is 2.77. The Kier molecular flexibility index (Phi) is 12.1. The number of rotatable bonds is 12. The smallest absolute Gasteiger partial charge is 0.0624 e. The minimum Gasteiger partial charge on any atom is -0.330 e. The average Bonchev–Trinajstić information content (AvgIpc) is 2.31. The summed E-state index contributed by atoms with van der Waals surface area (Å²) in [6.07, 6.45) is 5.34. The van der Waals surface area contributed by atoms with E-state index < -0.39 is 0 Å². The molecule has 0 fully saturated rings. The van der Waals surface area contributed by atoms with Crippen molar-refractivity contribution in [3.05, 3.63) is 0 Å². The number of unbranched alkanes of at least 4 members (excludes halogenated alkanes) is 1. The first-order chi connectivity index (χ1) is 8.22. The predicted molar refractivity (Wildman–Crippen MR) is 67.9 cm³/mol. The summed E-state index contributed by atoms with van der Waals surface area (Å²) >= 11 is 0. The molecule has 0 aliphatic heterocycles. The Balaban J connectivity index is 3.41. The second-order valence-corrected chi connectivity index (χ2v) is 4.29. The standard InChI is InChI=1S/C11H28N4O2/c12-7-3-6-11(15(16)17)5-1-2-9-14-10-4-8-13/h11,14,16-17H,1-10,12-13H2. The molecule has 1 atom stereocenters. The van der Waals surface area contributed by atoms with Gasteiger partial charge in [0.15, 0.2) is 0 Å². The molecular formula is C11H28N4O2. The lowest BCUT2D eigenvalue weighted by atomic mass is 10.1. The lowest BCUT2D eigenvalue weighted by molar-refractivity contribution is -0.333. The van der Waals surface area contributed by atoms with Gasteiger partial charge in [-0.05, 0) is 58.3 Å². The molecule has 0 aromatic heterocycles. The zero-order valence-electron chi connectivity index (χ0n) is 10.6. The maximum Gasteiger partial charge on any atom is 0.0624 e. The minimum absolute atomic E-state index is 0.192. The summed E-state index contributed by atoms with van der Waals surface area (Å²) in [5, 5.41) is 21.7. The van der Waals surface area contributed by atoms with Gasteiger partial charge in [-0.2, -0.15) is 0 Å². The molecule has 0 saturated carbocycles. The van der Waals surface area contributed by atoms with Crippen LogP contribution in [0.4, 0.5) is 0 Å². The van der Waals surface area contributed by atoms with E-state index in [2.05, 4.69) is 5.32 Å². The summed E-state index contributed by atoms with van der Waals surface area (Å²) in [4.78, 5) is 0. The Labute approximate surface area is 104 Å². The molecular weight excluding hydrogens is 220 g/mol. The maximum atomic E-state index is 9.03. The Morgan fingerprint density at radius 1 is 0.882 bits per heavy atom. The molecule has 104 valence electrons. The van der Waals surface area contributed by atoms with Gasteiger partial charge >= 0.3 is 0 Å². The van der Waals surface area contributed by atoms with Crippen LogP contribution in [0.2, 0.25) is 0 Å². The normalized spacial score (nSPS) is 13.2. The summed E-state index contributed by atoms with van der Waals surface area (Å²) in [6, 6.07) is -0.192. The maximum absolute atomic E-state index is 9.03. The first-order valence-corrected chi connectivity index (χ1v) is 6.50. The van der Waals surface area contributed by atoms with Crippen LogP contribution in [0.3, 0.4) is 0 Å². The lowest BCUT2D eigenvalue weighted by Gasteiger charge is -2.20. The van der Waals surface area contributed by atoms with Crippen molar-refractivity contribution in [1.82, 2.24) is 10.5 Å². The second-order valence-electron chi connectivity index (χ2n) is 4.29. The van der Waals surface area contributed by atoms with Crippen molar-refractivity contribution in [3.63, 3.8) is 0 Å². The molecule has 1 unspecified atom stereocenters. The molecule has 0 amide bonds. The zero-order valence-corrected chi connectivity index (χ0v) is 10.6. The molecule has 0 heterocycles. The van der Waals surface area contributed by atoms with Gasteiger partial charge in [0.25, 0.3) is 0 Å². The Morgan fingerprint density at radius 2 is 1.47 bits per heavy atom. The van der Waals surface area contributed by atoms with Crippen LogP contribution >= 0.6 is 0 Å². The highest BCUT2D eigenvalue weighted by Crippen LogP contribution is 2.10. The van der Waals surface area contributed by atoms with Gasteiger partial charge in [0, 0.05) is 0 Å². The molecule has 0 saturated heterocycles. The number of nitrogens with one attached hydrogen (secondary N) is 1. The Hall–Kier alpha value is -0.240. The molecule has 0 rings (SSSR count). The van der Waals surface area contributed by atoms with Gasteiger partial charge in [0.2, 0.25) is 0 Å². The Morgan fingerprint density at radius 3 is 2.06 bits per heavy atom. The van der Waals surface area contributed by atoms with Gasteiger partial charge in [-0.3, -0.25) is 10.4 Å². The third-order valence-corrected chi connectivity index (χ3v) is 2.77. The van der Waals surface area contributed by atoms with Gasteiger partial charge in [-0.1, -0.05) is 11.6 Å². The van der Waals surface area contributed by atoms with E-state index in [1.54, 1.807) is 0 Å². The minimum atomic E-state index is -0.192. The van der Waals surface area contributed by atoms with E-state index in [0.29, 0.717) is 11.8 Å². The van der Waals surface area contributed by atoms with Crippen LogP contribution in [0.1, 0.15) is 38.5 Å². The van der Waals surface area contributed by atoms with Gasteiger partial charge in [-0.15, -0.1) is 0 Å². The molecule has 0 aliphatic carbocycles. The molecule has 0 spiro atoms. The highest BCUT2D eigenvalue weighted by Gasteiger charge is 2.13. The molecule has 0 aromatic carbocycles. The molecule has 0 radical (unpaired) electrons. The highest BCUT2D eigenvalue weighted by molar-refractivity contribution is 4.62. The molecule has 7 N–H and O–H groups in total. The fourth-order valence-electron chi connectivity index (χ4n) is 1.71. The largest absolute Gasteiger partial charge is 0.330 e. The third kappa shape index (κ3) is 10.6. The first-order valence-electron chi connectivity index (χ1n) is 6.50. The van der Waals surface area contributed by atoms with Crippen LogP contribution in [0, 0.1) is 0 Å². The summed E-state index contributed by atoms with van der Waals surface area (Å²) in [5.74, 6) is 0. The van der Waals surface area contributed by atoms with E-state index in [1.807, 2.05) is 0 Å². The second kappa shape index (κ2) is 12.2. The number of nitrogens with zero attached hydrogens (tertiary/aromatic N) is 1. The van der Waals surface area contributed by atoms with Crippen LogP contribution in [0.25, 0.3) is 0 Å². The van der Waals surface area contributed by atoms with Crippen molar-refractivity contribution in [2.75, 3.05) is 26.2 Å². The highest BCUT2D eigenvalue weighted by atomic mass is 16.8. The number of hydrogen-bond donors (Lipinski definition) is 5. The van der Waals surface area contributed by atoms with E-state index in [9.17, 15) is 0 Å². The number of hydroxylamine groups is 2. The SMILES string of the molecule is NCCCNCCCCC(CCCN)N(O)O. The summed E-state index contributed by atoms with van der Waals surface area (Å²) < 4.78 is 0. The van der Waals surface area contributed by atoms with Crippen molar-refractivity contribution in [2.24, 2.45) is 11.5 Å². The van der Waals surface area contributed by atoms with E-state index in [-0.39, 0.29) is 6.04 Å². The van der Waals surface area contributed by atoms with Crippen LogP contribution in [0.15, 0.2) is 0 Å². The molecule has 6 nitrogen and oxygen atoms in total. The van der Waals surface area contributed by atoms with Gasteiger partial charge in [0.05, 0.1) is 6.04 Å².